The lowest BCUT2D eigenvalue weighted by Gasteiger charge is -2.37. The lowest BCUT2D eigenvalue weighted by atomic mass is 9.93. The third-order valence-electron chi connectivity index (χ3n) is 3.80. The van der Waals surface area contributed by atoms with Gasteiger partial charge in [-0.05, 0) is 47.0 Å². The maximum absolute atomic E-state index is 12.6. The minimum atomic E-state index is -0.638. The summed E-state index contributed by atoms with van der Waals surface area (Å²) in [7, 11) is 0. The lowest BCUT2D eigenvalue weighted by Crippen LogP contribution is -2.51. The van der Waals surface area contributed by atoms with Gasteiger partial charge in [-0.1, -0.05) is 25.8 Å². The van der Waals surface area contributed by atoms with Crippen molar-refractivity contribution in [2.45, 2.75) is 78.2 Å². The summed E-state index contributed by atoms with van der Waals surface area (Å²) in [5, 5.41) is 0. The number of hydrogen-bond donors (Lipinski definition) is 0. The smallest absolute Gasteiger partial charge is 0.412 e. The van der Waals surface area contributed by atoms with Crippen LogP contribution in [0.5, 0.6) is 0 Å². The number of ether oxygens (including phenoxy) is 2. The van der Waals surface area contributed by atoms with Gasteiger partial charge in [0.05, 0.1) is 12.6 Å². The molecular formula is C17H31NO3. The Morgan fingerprint density at radius 3 is 2.62 bits per heavy atom. The van der Waals surface area contributed by atoms with Gasteiger partial charge in [-0.3, -0.25) is 4.90 Å². The number of carbonyl (C=O) groups is 1. The third kappa shape index (κ3) is 4.73. The van der Waals surface area contributed by atoms with Gasteiger partial charge < -0.3 is 9.47 Å². The van der Waals surface area contributed by atoms with Crippen LogP contribution in [0.25, 0.3) is 0 Å². The minimum Gasteiger partial charge on any atom is -0.444 e. The molecule has 0 aliphatic carbocycles. The van der Waals surface area contributed by atoms with Crippen molar-refractivity contribution >= 4 is 6.09 Å². The molecule has 0 unspecified atom stereocenters. The fourth-order valence-corrected chi connectivity index (χ4v) is 2.72. The van der Waals surface area contributed by atoms with Crippen LogP contribution in [0.3, 0.4) is 0 Å². The summed E-state index contributed by atoms with van der Waals surface area (Å²) >= 11 is 0. The van der Waals surface area contributed by atoms with E-state index in [-0.39, 0.29) is 18.1 Å². The molecule has 1 heterocycles. The summed E-state index contributed by atoms with van der Waals surface area (Å²) < 4.78 is 11.4. The van der Waals surface area contributed by atoms with E-state index >= 15 is 0 Å². The molecule has 0 aromatic rings. The van der Waals surface area contributed by atoms with Crippen molar-refractivity contribution in [2.75, 3.05) is 6.61 Å². The molecule has 122 valence electrons. The molecule has 1 saturated heterocycles. The number of unbranched alkanes of at least 4 members (excludes halogenated alkanes) is 1. The van der Waals surface area contributed by atoms with E-state index in [1.807, 2.05) is 40.7 Å². The largest absolute Gasteiger partial charge is 0.444 e. The van der Waals surface area contributed by atoms with Crippen molar-refractivity contribution in [3.8, 4) is 0 Å². The highest BCUT2D eigenvalue weighted by atomic mass is 16.6. The number of hydrogen-bond acceptors (Lipinski definition) is 3. The van der Waals surface area contributed by atoms with Crippen LogP contribution in [0.2, 0.25) is 0 Å². The quantitative estimate of drug-likeness (QED) is 0.708. The van der Waals surface area contributed by atoms with Gasteiger partial charge >= 0.3 is 6.09 Å². The van der Waals surface area contributed by atoms with E-state index in [9.17, 15) is 4.79 Å². The molecule has 4 heteroatoms. The molecule has 0 aromatic heterocycles. The molecule has 1 rings (SSSR count). The molecule has 0 aromatic carbocycles. The van der Waals surface area contributed by atoms with E-state index in [1.54, 1.807) is 4.90 Å². The molecule has 1 fully saturated rings. The Labute approximate surface area is 129 Å². The second-order valence-corrected chi connectivity index (χ2v) is 7.22. The zero-order valence-corrected chi connectivity index (χ0v) is 14.4. The molecule has 1 aliphatic heterocycles. The van der Waals surface area contributed by atoms with Gasteiger partial charge in [-0.25, -0.2) is 4.79 Å². The highest BCUT2D eigenvalue weighted by molar-refractivity contribution is 5.69. The van der Waals surface area contributed by atoms with Crippen LogP contribution in [-0.2, 0) is 9.47 Å². The van der Waals surface area contributed by atoms with E-state index in [0.717, 1.165) is 19.3 Å². The molecule has 4 nitrogen and oxygen atoms in total. The number of amides is 1. The van der Waals surface area contributed by atoms with E-state index in [0.29, 0.717) is 6.61 Å². The molecule has 0 radical (unpaired) electrons. The Morgan fingerprint density at radius 2 is 2.14 bits per heavy atom. The van der Waals surface area contributed by atoms with Crippen LogP contribution in [0.15, 0.2) is 12.7 Å². The Kier molecular flexibility index (Phi) is 5.85. The van der Waals surface area contributed by atoms with Crippen LogP contribution < -0.4 is 0 Å². The fraction of sp³-hybridized carbons (Fsp3) is 0.824. The second-order valence-electron chi connectivity index (χ2n) is 7.22. The first-order valence-corrected chi connectivity index (χ1v) is 7.91. The van der Waals surface area contributed by atoms with Gasteiger partial charge in [-0.15, -0.1) is 6.58 Å². The van der Waals surface area contributed by atoms with Gasteiger partial charge in [0.15, 0.2) is 0 Å². The number of nitrogens with zero attached hydrogens (tertiary/aromatic N) is 1. The van der Waals surface area contributed by atoms with E-state index < -0.39 is 11.3 Å². The van der Waals surface area contributed by atoms with Crippen molar-refractivity contribution in [3.63, 3.8) is 0 Å². The van der Waals surface area contributed by atoms with Crippen LogP contribution in [-0.4, -0.2) is 35.0 Å². The Hall–Kier alpha value is -1.03. The zero-order chi connectivity index (χ0) is 16.3. The first-order valence-electron chi connectivity index (χ1n) is 7.91. The summed E-state index contributed by atoms with van der Waals surface area (Å²) in [6.45, 7) is 16.1. The van der Waals surface area contributed by atoms with Crippen molar-refractivity contribution < 1.29 is 14.3 Å². The summed E-state index contributed by atoms with van der Waals surface area (Å²) in [5.74, 6) is 0.235. The summed E-state index contributed by atoms with van der Waals surface area (Å²) in [5.41, 5.74) is -1.14. The van der Waals surface area contributed by atoms with Crippen molar-refractivity contribution in [1.82, 2.24) is 4.90 Å². The van der Waals surface area contributed by atoms with Crippen LogP contribution in [0.4, 0.5) is 4.79 Å². The molecule has 0 spiro atoms. The lowest BCUT2D eigenvalue weighted by molar-refractivity contribution is -0.0638. The molecule has 0 bridgehead atoms. The Morgan fingerprint density at radius 1 is 1.52 bits per heavy atom. The summed E-state index contributed by atoms with van der Waals surface area (Å²) in [4.78, 5) is 14.3. The topological polar surface area (TPSA) is 38.8 Å². The second kappa shape index (κ2) is 6.82. The molecular weight excluding hydrogens is 266 g/mol. The molecule has 1 amide bonds. The minimum absolute atomic E-state index is 0.00102. The highest BCUT2D eigenvalue weighted by Crippen LogP contribution is 2.34. The monoisotopic (exact) mass is 297 g/mol. The average molecular weight is 297 g/mol. The van der Waals surface area contributed by atoms with Gasteiger partial charge in [0.1, 0.15) is 11.3 Å². The molecule has 1 aliphatic rings. The van der Waals surface area contributed by atoms with E-state index in [1.165, 1.54) is 0 Å². The molecule has 2 atom stereocenters. The third-order valence-corrected chi connectivity index (χ3v) is 3.80. The van der Waals surface area contributed by atoms with Gasteiger partial charge in [0.2, 0.25) is 0 Å². The molecule has 0 saturated carbocycles. The predicted octanol–water partition coefficient (Wildman–Crippen LogP) is 4.35. The highest BCUT2D eigenvalue weighted by Gasteiger charge is 2.47. The van der Waals surface area contributed by atoms with Gasteiger partial charge in [0, 0.05) is 0 Å². The Bertz CT molecular complexity index is 371. The first kappa shape index (κ1) is 18.0. The number of rotatable bonds is 5. The van der Waals surface area contributed by atoms with E-state index in [2.05, 4.69) is 13.5 Å². The van der Waals surface area contributed by atoms with Gasteiger partial charge in [0.25, 0.3) is 0 Å². The Balaban J connectivity index is 2.92. The summed E-state index contributed by atoms with van der Waals surface area (Å²) in [6, 6.07) is -0.00102. The SMILES string of the molecule is C=C[C@H](CCCC)[C@H]1COC(C)(C)N1C(=O)OC(C)(C)C. The predicted molar refractivity (Wildman–Crippen MR) is 85.1 cm³/mol. The van der Waals surface area contributed by atoms with Crippen molar-refractivity contribution in [2.24, 2.45) is 5.92 Å². The average Bonchev–Trinajstić information content (AvgIpc) is 2.64. The molecule has 21 heavy (non-hydrogen) atoms. The van der Waals surface area contributed by atoms with Gasteiger partial charge in [-0.2, -0.15) is 0 Å². The standard InChI is InChI=1S/C17H31NO3/c1-8-10-11-13(9-2)14-12-20-17(6,7)18(14)15(19)21-16(3,4)5/h9,13-14H,2,8,10-12H2,1,3-7H3/t13-,14-/m1/s1. The van der Waals surface area contributed by atoms with Crippen molar-refractivity contribution in [3.05, 3.63) is 12.7 Å². The maximum Gasteiger partial charge on any atom is 0.412 e. The zero-order valence-electron chi connectivity index (χ0n) is 14.4. The normalized spacial score (nSPS) is 23.0. The maximum atomic E-state index is 12.6. The van der Waals surface area contributed by atoms with Crippen LogP contribution >= 0.6 is 0 Å². The van der Waals surface area contributed by atoms with Crippen LogP contribution in [0.1, 0.15) is 60.8 Å². The van der Waals surface area contributed by atoms with Crippen LogP contribution in [0, 0.1) is 5.92 Å². The summed E-state index contributed by atoms with van der Waals surface area (Å²) in [6.07, 6.45) is 4.91. The first-order chi connectivity index (χ1) is 9.62. The number of carbonyl (C=O) groups excluding carboxylic acids is 1. The van der Waals surface area contributed by atoms with E-state index in [4.69, 9.17) is 9.47 Å². The molecule has 0 N–H and O–H groups in total. The van der Waals surface area contributed by atoms with Crippen molar-refractivity contribution in [1.29, 1.82) is 0 Å². The fourth-order valence-electron chi connectivity index (χ4n) is 2.72.